The van der Waals surface area contributed by atoms with Gasteiger partial charge >= 0.3 is 0 Å². The number of fused-ring (bicyclic) bond motifs is 1. The predicted molar refractivity (Wildman–Crippen MR) is 86.7 cm³/mol. The molecule has 6 heteroatoms. The monoisotopic (exact) mass is 335 g/mol. The molecule has 1 amide bonds. The van der Waals surface area contributed by atoms with E-state index in [2.05, 4.69) is 9.55 Å². The van der Waals surface area contributed by atoms with Gasteiger partial charge in [-0.25, -0.2) is 9.37 Å². The molecule has 0 N–H and O–H groups in total. The average molecular weight is 336 g/mol. The highest BCUT2D eigenvalue weighted by Crippen LogP contribution is 2.23. The largest absolute Gasteiger partial charge is 0.333 e. The van der Waals surface area contributed by atoms with Crippen LogP contribution in [-0.4, -0.2) is 32.3 Å². The molecular weight excluding hydrogens is 317 g/mol. The molecular formula is C17H19ClFN3O. The second-order valence-corrected chi connectivity index (χ2v) is 6.15. The number of hydrogen-bond acceptors (Lipinski definition) is 2. The Balaban J connectivity index is 1.86. The fourth-order valence-electron chi connectivity index (χ4n) is 3.14. The summed E-state index contributed by atoms with van der Waals surface area (Å²) in [7, 11) is 0. The van der Waals surface area contributed by atoms with Crippen LogP contribution in [0.15, 0.2) is 30.6 Å². The van der Waals surface area contributed by atoms with Crippen LogP contribution in [0.2, 0.25) is 0 Å². The Morgan fingerprint density at radius 1 is 1.52 bits per heavy atom. The molecule has 2 aromatic rings. The summed E-state index contributed by atoms with van der Waals surface area (Å²) in [5.41, 5.74) is 1.40. The number of aromatic nitrogens is 2. The van der Waals surface area contributed by atoms with Crippen molar-refractivity contribution in [3.05, 3.63) is 53.4 Å². The molecule has 0 fully saturated rings. The van der Waals surface area contributed by atoms with Gasteiger partial charge in [0.2, 0.25) is 5.91 Å². The summed E-state index contributed by atoms with van der Waals surface area (Å²) in [5, 5.41) is 0. The number of carbonyl (C=O) groups excluding carboxylic acids is 1. The minimum atomic E-state index is -0.281. The molecule has 1 atom stereocenters. The van der Waals surface area contributed by atoms with Crippen molar-refractivity contribution in [3.8, 4) is 0 Å². The third-order valence-corrected chi connectivity index (χ3v) is 4.70. The Bertz CT molecular complexity index is 695. The lowest BCUT2D eigenvalue weighted by molar-refractivity contribution is -0.132. The van der Waals surface area contributed by atoms with Crippen molar-refractivity contribution in [2.24, 2.45) is 0 Å². The molecule has 0 bridgehead atoms. The van der Waals surface area contributed by atoms with E-state index in [1.165, 1.54) is 6.07 Å². The van der Waals surface area contributed by atoms with Crippen molar-refractivity contribution >= 4 is 17.5 Å². The Morgan fingerprint density at radius 3 is 3.09 bits per heavy atom. The van der Waals surface area contributed by atoms with E-state index in [-0.39, 0.29) is 30.2 Å². The highest BCUT2D eigenvalue weighted by Gasteiger charge is 2.28. The first-order valence-electron chi connectivity index (χ1n) is 7.69. The molecule has 122 valence electrons. The molecule has 23 heavy (non-hydrogen) atoms. The van der Waals surface area contributed by atoms with E-state index in [4.69, 9.17) is 11.6 Å². The Labute approximate surface area is 139 Å². The van der Waals surface area contributed by atoms with E-state index >= 15 is 0 Å². The van der Waals surface area contributed by atoms with Gasteiger partial charge in [0.05, 0.1) is 6.04 Å². The minimum Gasteiger partial charge on any atom is -0.333 e. The molecule has 0 aliphatic carbocycles. The van der Waals surface area contributed by atoms with E-state index in [1.807, 2.05) is 19.2 Å². The van der Waals surface area contributed by atoms with Crippen LogP contribution < -0.4 is 0 Å². The summed E-state index contributed by atoms with van der Waals surface area (Å²) in [6.07, 6.45) is 5.30. The molecule has 3 rings (SSSR count). The smallest absolute Gasteiger partial charge is 0.238 e. The number of amides is 1. The molecule has 4 nitrogen and oxygen atoms in total. The lowest BCUT2D eigenvalue weighted by Crippen LogP contribution is -2.45. The minimum absolute atomic E-state index is 0.00181. The third-order valence-electron chi connectivity index (χ3n) is 4.47. The quantitative estimate of drug-likeness (QED) is 0.806. The summed E-state index contributed by atoms with van der Waals surface area (Å²) in [5.74, 6) is 0.488. The second-order valence-electron chi connectivity index (χ2n) is 5.88. The average Bonchev–Trinajstić information content (AvgIpc) is 3.01. The van der Waals surface area contributed by atoms with Crippen LogP contribution in [0.25, 0.3) is 0 Å². The number of hydrogen-bond donors (Lipinski definition) is 0. The number of rotatable bonds is 4. The molecule has 0 spiro atoms. The molecule has 2 heterocycles. The summed E-state index contributed by atoms with van der Waals surface area (Å²) in [6, 6.07) is 4.97. The first-order chi connectivity index (χ1) is 11.1. The van der Waals surface area contributed by atoms with Crippen molar-refractivity contribution in [1.82, 2.24) is 14.5 Å². The van der Waals surface area contributed by atoms with E-state index in [0.29, 0.717) is 12.1 Å². The first-order valence-corrected chi connectivity index (χ1v) is 8.23. The van der Waals surface area contributed by atoms with Gasteiger partial charge in [0.25, 0.3) is 0 Å². The molecule has 1 aromatic heterocycles. The molecule has 1 aliphatic rings. The van der Waals surface area contributed by atoms with Gasteiger partial charge in [-0.1, -0.05) is 12.1 Å². The number of aryl methyl sites for hydroxylation is 2. The maximum atomic E-state index is 14.1. The van der Waals surface area contributed by atoms with Crippen LogP contribution in [0, 0.1) is 12.7 Å². The maximum absolute atomic E-state index is 14.1. The molecule has 0 radical (unpaired) electrons. The molecule has 1 unspecified atom stereocenters. The van der Waals surface area contributed by atoms with Crippen molar-refractivity contribution in [1.29, 1.82) is 0 Å². The van der Waals surface area contributed by atoms with Crippen molar-refractivity contribution < 1.29 is 9.18 Å². The number of halogens is 2. The van der Waals surface area contributed by atoms with Gasteiger partial charge in [-0.15, -0.1) is 11.6 Å². The summed E-state index contributed by atoms with van der Waals surface area (Å²) in [6.45, 7) is 2.78. The van der Waals surface area contributed by atoms with Crippen LogP contribution in [0.4, 0.5) is 4.39 Å². The van der Waals surface area contributed by atoms with Gasteiger partial charge in [-0.2, -0.15) is 0 Å². The van der Waals surface area contributed by atoms with Crippen molar-refractivity contribution in [2.75, 3.05) is 5.88 Å². The second kappa shape index (κ2) is 6.71. The molecule has 1 aromatic carbocycles. The third kappa shape index (κ3) is 3.24. The first kappa shape index (κ1) is 16.0. The highest BCUT2D eigenvalue weighted by molar-refractivity contribution is 6.27. The van der Waals surface area contributed by atoms with Gasteiger partial charge < -0.3 is 9.47 Å². The normalized spacial score (nSPS) is 16.9. The van der Waals surface area contributed by atoms with Crippen molar-refractivity contribution in [3.63, 3.8) is 0 Å². The van der Waals surface area contributed by atoms with Gasteiger partial charge in [0.15, 0.2) is 0 Å². The van der Waals surface area contributed by atoms with Crippen LogP contribution in [0.1, 0.15) is 23.4 Å². The van der Waals surface area contributed by atoms with Gasteiger partial charge in [0, 0.05) is 37.5 Å². The number of alkyl halides is 1. The van der Waals surface area contributed by atoms with E-state index in [1.54, 1.807) is 17.2 Å². The van der Waals surface area contributed by atoms with Gasteiger partial charge in [0.1, 0.15) is 17.5 Å². The summed E-state index contributed by atoms with van der Waals surface area (Å²) < 4.78 is 16.2. The van der Waals surface area contributed by atoms with Gasteiger partial charge in [-0.05, 0) is 25.0 Å². The molecule has 0 saturated carbocycles. The Kier molecular flexibility index (Phi) is 4.66. The Hall–Kier alpha value is -1.88. The standard InChI is InChI=1S/C17H19ClFN3O/c1-12-3-2-4-15(19)14(12)11-22(17(23)9-18)13-5-6-16-20-7-8-21(16)10-13/h2-4,7-8,13H,5-6,9-11H2,1H3. The van der Waals surface area contributed by atoms with E-state index < -0.39 is 0 Å². The number of benzene rings is 1. The van der Waals surface area contributed by atoms with Gasteiger partial charge in [-0.3, -0.25) is 4.79 Å². The van der Waals surface area contributed by atoms with Crippen molar-refractivity contribution in [2.45, 2.75) is 38.9 Å². The summed E-state index contributed by atoms with van der Waals surface area (Å²) in [4.78, 5) is 18.3. The lowest BCUT2D eigenvalue weighted by Gasteiger charge is -2.35. The molecule has 1 aliphatic heterocycles. The fourth-order valence-corrected chi connectivity index (χ4v) is 3.29. The number of nitrogens with zero attached hydrogens (tertiary/aromatic N) is 3. The Morgan fingerprint density at radius 2 is 2.35 bits per heavy atom. The van der Waals surface area contributed by atoms with E-state index in [9.17, 15) is 9.18 Å². The van der Waals surface area contributed by atoms with E-state index in [0.717, 1.165) is 24.2 Å². The SMILES string of the molecule is Cc1cccc(F)c1CN(C(=O)CCl)C1CCc2nccn2C1. The van der Waals surface area contributed by atoms with Crippen LogP contribution in [-0.2, 0) is 24.3 Å². The number of carbonyl (C=O) groups is 1. The highest BCUT2D eigenvalue weighted by atomic mass is 35.5. The zero-order chi connectivity index (χ0) is 16.4. The lowest BCUT2D eigenvalue weighted by atomic mass is 10.0. The molecule has 0 saturated heterocycles. The topological polar surface area (TPSA) is 38.1 Å². The number of imidazole rings is 1. The predicted octanol–water partition coefficient (Wildman–Crippen LogP) is 2.91. The maximum Gasteiger partial charge on any atom is 0.238 e. The fraction of sp³-hybridized carbons (Fsp3) is 0.412. The van der Waals surface area contributed by atoms with Crippen LogP contribution in [0.5, 0.6) is 0 Å². The zero-order valence-corrected chi connectivity index (χ0v) is 13.8. The zero-order valence-electron chi connectivity index (χ0n) is 13.0. The summed E-state index contributed by atoms with van der Waals surface area (Å²) >= 11 is 5.79. The van der Waals surface area contributed by atoms with Crippen LogP contribution in [0.3, 0.4) is 0 Å². The van der Waals surface area contributed by atoms with Crippen LogP contribution >= 0.6 is 11.6 Å².